The van der Waals surface area contributed by atoms with Gasteiger partial charge >= 0.3 is 0 Å². The van der Waals surface area contributed by atoms with Crippen LogP contribution in [0.1, 0.15) is 29.4 Å². The van der Waals surface area contributed by atoms with Crippen LogP contribution in [0.2, 0.25) is 0 Å². The number of halogens is 2. The molecule has 28 heavy (non-hydrogen) atoms. The maximum Gasteiger partial charge on any atom is 0.274 e. The molecule has 0 spiro atoms. The van der Waals surface area contributed by atoms with E-state index >= 15 is 0 Å². The Morgan fingerprint density at radius 3 is 2.57 bits per heavy atom. The molecule has 6 nitrogen and oxygen atoms in total. The van der Waals surface area contributed by atoms with Crippen LogP contribution in [0, 0.1) is 18.6 Å². The van der Waals surface area contributed by atoms with E-state index in [9.17, 15) is 13.6 Å². The number of nitrogens with one attached hydrogen (secondary N) is 1. The number of ether oxygens (including phenoxy) is 1. The molecule has 0 bridgehead atoms. The normalized spacial score (nSPS) is 15.4. The molecular weight excluding hydrogens is 366 g/mol. The van der Waals surface area contributed by atoms with Gasteiger partial charge in [0.25, 0.3) is 5.56 Å². The van der Waals surface area contributed by atoms with Crippen LogP contribution < -0.4 is 15.6 Å². The van der Waals surface area contributed by atoms with Crippen molar-refractivity contribution in [2.45, 2.75) is 25.8 Å². The lowest BCUT2D eigenvalue weighted by Crippen LogP contribution is -2.19. The van der Waals surface area contributed by atoms with E-state index in [1.807, 2.05) is 4.57 Å². The zero-order valence-corrected chi connectivity index (χ0v) is 15.4. The fourth-order valence-electron chi connectivity index (χ4n) is 3.57. The molecule has 4 rings (SSSR count). The van der Waals surface area contributed by atoms with Crippen molar-refractivity contribution in [3.8, 4) is 5.88 Å². The van der Waals surface area contributed by atoms with Gasteiger partial charge < -0.3 is 14.6 Å². The van der Waals surface area contributed by atoms with Gasteiger partial charge in [-0.15, -0.1) is 0 Å². The Labute approximate surface area is 159 Å². The van der Waals surface area contributed by atoms with Crippen molar-refractivity contribution < 1.29 is 13.5 Å². The van der Waals surface area contributed by atoms with Crippen molar-refractivity contribution in [2.24, 2.45) is 0 Å². The van der Waals surface area contributed by atoms with Crippen LogP contribution in [0.15, 0.2) is 41.2 Å². The van der Waals surface area contributed by atoms with E-state index < -0.39 is 11.6 Å². The second-order valence-electron chi connectivity index (χ2n) is 6.65. The van der Waals surface area contributed by atoms with E-state index in [4.69, 9.17) is 4.74 Å². The van der Waals surface area contributed by atoms with E-state index in [0.717, 1.165) is 11.8 Å². The van der Waals surface area contributed by atoms with E-state index in [1.54, 1.807) is 19.1 Å². The molecule has 0 saturated heterocycles. The lowest BCUT2D eigenvalue weighted by Gasteiger charge is -2.21. The number of benzene rings is 1. The summed E-state index contributed by atoms with van der Waals surface area (Å²) < 4.78 is 34.4. The Bertz CT molecular complexity index is 1090. The summed E-state index contributed by atoms with van der Waals surface area (Å²) in [6, 6.07) is 8.06. The number of pyridine rings is 1. The summed E-state index contributed by atoms with van der Waals surface area (Å²) in [7, 11) is 1.53. The second kappa shape index (κ2) is 7.03. The zero-order chi connectivity index (χ0) is 19.8. The van der Waals surface area contributed by atoms with Gasteiger partial charge in [0.1, 0.15) is 11.6 Å². The monoisotopic (exact) mass is 384 g/mol. The number of methoxy groups -OCH3 is 1. The highest BCUT2D eigenvalue weighted by atomic mass is 19.1. The first-order chi connectivity index (χ1) is 13.4. The minimum Gasteiger partial charge on any atom is -0.481 e. The minimum atomic E-state index is -0.637. The van der Waals surface area contributed by atoms with Gasteiger partial charge in [0.2, 0.25) is 11.8 Å². The Hall–Kier alpha value is -3.29. The van der Waals surface area contributed by atoms with E-state index in [0.29, 0.717) is 41.6 Å². The average Bonchev–Trinajstić information content (AvgIpc) is 3.06. The summed E-state index contributed by atoms with van der Waals surface area (Å²) in [5, 5.41) is 3.14. The molecule has 3 heterocycles. The third-order valence-corrected chi connectivity index (χ3v) is 4.81. The van der Waals surface area contributed by atoms with Gasteiger partial charge in [0.05, 0.1) is 24.5 Å². The molecule has 0 aliphatic carbocycles. The number of hydrogen-bond donors (Lipinski definition) is 1. The molecule has 0 radical (unpaired) electrons. The third kappa shape index (κ3) is 3.33. The van der Waals surface area contributed by atoms with Crippen molar-refractivity contribution in [3.63, 3.8) is 0 Å². The van der Waals surface area contributed by atoms with Crippen LogP contribution in [-0.4, -0.2) is 21.6 Å². The molecule has 1 unspecified atom stereocenters. The number of aryl methyl sites for hydroxylation is 2. The predicted octanol–water partition coefficient (Wildman–Crippen LogP) is 3.51. The SMILES string of the molecule is COc1ccc(Nc2nc(=O)cc3n2C(c2cc(F)cc(F)c2)CC3)c(C)n1. The summed E-state index contributed by atoms with van der Waals surface area (Å²) in [5.41, 5.74) is 2.20. The van der Waals surface area contributed by atoms with Gasteiger partial charge in [-0.05, 0) is 43.5 Å². The van der Waals surface area contributed by atoms with Crippen LogP contribution >= 0.6 is 0 Å². The van der Waals surface area contributed by atoms with Crippen molar-refractivity contribution in [3.05, 3.63) is 75.3 Å². The Morgan fingerprint density at radius 2 is 1.89 bits per heavy atom. The molecule has 1 N–H and O–H groups in total. The largest absolute Gasteiger partial charge is 0.481 e. The first-order valence-electron chi connectivity index (χ1n) is 8.81. The fourth-order valence-corrected chi connectivity index (χ4v) is 3.57. The Kier molecular flexibility index (Phi) is 4.54. The van der Waals surface area contributed by atoms with Crippen LogP contribution in [0.5, 0.6) is 5.88 Å². The average molecular weight is 384 g/mol. The summed E-state index contributed by atoms with van der Waals surface area (Å²) in [4.78, 5) is 20.5. The van der Waals surface area contributed by atoms with Crippen LogP contribution in [0.4, 0.5) is 20.4 Å². The number of fused-ring (bicyclic) bond motifs is 1. The van der Waals surface area contributed by atoms with Gasteiger partial charge in [-0.1, -0.05) is 0 Å². The number of aromatic nitrogens is 3. The smallest absolute Gasteiger partial charge is 0.274 e. The molecule has 0 saturated carbocycles. The highest BCUT2D eigenvalue weighted by Crippen LogP contribution is 2.35. The third-order valence-electron chi connectivity index (χ3n) is 4.81. The van der Waals surface area contributed by atoms with Gasteiger partial charge in [-0.3, -0.25) is 4.79 Å². The maximum atomic E-state index is 13.7. The number of nitrogens with zero attached hydrogens (tertiary/aromatic N) is 3. The molecule has 1 atom stereocenters. The lowest BCUT2D eigenvalue weighted by molar-refractivity contribution is 0.397. The van der Waals surface area contributed by atoms with Crippen molar-refractivity contribution in [1.82, 2.24) is 14.5 Å². The number of anilines is 2. The molecule has 1 aliphatic heterocycles. The van der Waals surface area contributed by atoms with Crippen LogP contribution in [-0.2, 0) is 6.42 Å². The number of rotatable bonds is 4. The first kappa shape index (κ1) is 18.1. The quantitative estimate of drug-likeness (QED) is 0.746. The summed E-state index contributed by atoms with van der Waals surface area (Å²) in [6.45, 7) is 1.80. The standard InChI is InChI=1S/C20H18F2N4O2/c1-11-16(4-6-19(23-11)28-2)24-20-25-18(27)10-15-3-5-17(26(15)20)12-7-13(21)9-14(22)8-12/h4,6-10,17H,3,5H2,1-2H3,(H,24,25,27). The summed E-state index contributed by atoms with van der Waals surface area (Å²) in [6.07, 6.45) is 1.22. The lowest BCUT2D eigenvalue weighted by atomic mass is 10.0. The van der Waals surface area contributed by atoms with Gasteiger partial charge in [0.15, 0.2) is 0 Å². The maximum absolute atomic E-state index is 13.7. The molecular formula is C20H18F2N4O2. The zero-order valence-electron chi connectivity index (χ0n) is 15.4. The second-order valence-corrected chi connectivity index (χ2v) is 6.65. The first-order valence-corrected chi connectivity index (χ1v) is 8.81. The van der Waals surface area contributed by atoms with E-state index in [1.165, 1.54) is 25.3 Å². The topological polar surface area (TPSA) is 69.0 Å². The van der Waals surface area contributed by atoms with E-state index in [2.05, 4.69) is 15.3 Å². The van der Waals surface area contributed by atoms with Crippen LogP contribution in [0.25, 0.3) is 0 Å². The predicted molar refractivity (Wildman–Crippen MR) is 100 cm³/mol. The molecule has 1 aromatic carbocycles. The molecule has 1 aliphatic rings. The highest BCUT2D eigenvalue weighted by molar-refractivity contribution is 5.57. The fraction of sp³-hybridized carbons (Fsp3) is 0.250. The highest BCUT2D eigenvalue weighted by Gasteiger charge is 2.27. The van der Waals surface area contributed by atoms with Crippen molar-refractivity contribution in [2.75, 3.05) is 12.4 Å². The van der Waals surface area contributed by atoms with Crippen LogP contribution in [0.3, 0.4) is 0 Å². The van der Waals surface area contributed by atoms with Crippen molar-refractivity contribution >= 4 is 11.6 Å². The minimum absolute atomic E-state index is 0.310. The van der Waals surface area contributed by atoms with Gasteiger partial charge in [-0.2, -0.15) is 4.98 Å². The molecule has 0 amide bonds. The van der Waals surface area contributed by atoms with Crippen molar-refractivity contribution in [1.29, 1.82) is 0 Å². The van der Waals surface area contributed by atoms with Gasteiger partial charge in [0, 0.05) is 23.9 Å². The molecule has 2 aromatic heterocycles. The molecule has 8 heteroatoms. The Balaban J connectivity index is 1.79. The van der Waals surface area contributed by atoms with Gasteiger partial charge in [-0.25, -0.2) is 13.8 Å². The summed E-state index contributed by atoms with van der Waals surface area (Å²) in [5.74, 6) is -0.492. The molecule has 0 fully saturated rings. The Morgan fingerprint density at radius 1 is 1.14 bits per heavy atom. The van der Waals surface area contributed by atoms with E-state index in [-0.39, 0.29) is 11.6 Å². The molecule has 144 valence electrons. The molecule has 3 aromatic rings. The summed E-state index contributed by atoms with van der Waals surface area (Å²) >= 11 is 0. The number of hydrogen-bond acceptors (Lipinski definition) is 5.